The molecule has 3 N–H and O–H groups in total. The summed E-state index contributed by atoms with van der Waals surface area (Å²) >= 11 is 0. The van der Waals surface area contributed by atoms with Crippen LogP contribution in [-0.4, -0.2) is 29.7 Å². The Kier molecular flexibility index (Phi) is 4.25. The van der Waals surface area contributed by atoms with Crippen molar-refractivity contribution < 1.29 is 14.7 Å². The second-order valence-corrected chi connectivity index (χ2v) is 7.05. The van der Waals surface area contributed by atoms with Crippen molar-refractivity contribution in [3.63, 3.8) is 0 Å². The molecule has 0 aliphatic heterocycles. The molecular weight excluding hydrogens is 256 g/mol. The Labute approximate surface area is 120 Å². The monoisotopic (exact) mass is 282 g/mol. The lowest BCUT2D eigenvalue weighted by molar-refractivity contribution is -0.153. The predicted molar refractivity (Wildman–Crippen MR) is 76.5 cm³/mol. The molecule has 0 spiro atoms. The van der Waals surface area contributed by atoms with Crippen LogP contribution in [0.1, 0.15) is 58.8 Å². The van der Waals surface area contributed by atoms with Gasteiger partial charge in [0.2, 0.25) is 0 Å². The van der Waals surface area contributed by atoms with Crippen LogP contribution in [0.4, 0.5) is 4.79 Å². The van der Waals surface area contributed by atoms with Gasteiger partial charge in [-0.1, -0.05) is 33.1 Å². The molecule has 0 saturated heterocycles. The van der Waals surface area contributed by atoms with Crippen LogP contribution in [0, 0.1) is 10.8 Å². The molecule has 2 saturated carbocycles. The summed E-state index contributed by atoms with van der Waals surface area (Å²) in [4.78, 5) is 23.2. The van der Waals surface area contributed by atoms with Crippen molar-refractivity contribution >= 4 is 12.0 Å². The number of hydrogen-bond donors (Lipinski definition) is 3. The van der Waals surface area contributed by atoms with Crippen LogP contribution >= 0.6 is 0 Å². The SMILES string of the molecule is CC1(C)CCCCC1NC(=O)NCC1(C(=O)O)CCC1. The standard InChI is InChI=1S/C15H26N2O3/c1-14(2)7-4-3-6-11(14)17-13(20)16-10-15(12(18)19)8-5-9-15/h11H,3-10H2,1-2H3,(H,18,19)(H2,16,17,20). The molecule has 2 rings (SSSR count). The van der Waals surface area contributed by atoms with Gasteiger partial charge in [-0.05, 0) is 31.1 Å². The van der Waals surface area contributed by atoms with Crippen molar-refractivity contribution in [3.8, 4) is 0 Å². The van der Waals surface area contributed by atoms with E-state index in [9.17, 15) is 14.7 Å². The number of carbonyl (C=O) groups is 2. The number of hydrogen-bond acceptors (Lipinski definition) is 2. The van der Waals surface area contributed by atoms with E-state index in [0.717, 1.165) is 25.7 Å². The zero-order chi connectivity index (χ0) is 14.8. The molecule has 20 heavy (non-hydrogen) atoms. The van der Waals surface area contributed by atoms with Gasteiger partial charge in [-0.2, -0.15) is 0 Å². The minimum Gasteiger partial charge on any atom is -0.481 e. The van der Waals surface area contributed by atoms with Crippen molar-refractivity contribution in [3.05, 3.63) is 0 Å². The van der Waals surface area contributed by atoms with E-state index in [-0.39, 0.29) is 24.0 Å². The van der Waals surface area contributed by atoms with Gasteiger partial charge in [-0.15, -0.1) is 0 Å². The topological polar surface area (TPSA) is 78.4 Å². The van der Waals surface area contributed by atoms with E-state index >= 15 is 0 Å². The van der Waals surface area contributed by atoms with Crippen LogP contribution in [0.5, 0.6) is 0 Å². The molecular formula is C15H26N2O3. The lowest BCUT2D eigenvalue weighted by Crippen LogP contribution is -2.54. The fourth-order valence-electron chi connectivity index (χ4n) is 3.29. The quantitative estimate of drug-likeness (QED) is 0.741. The van der Waals surface area contributed by atoms with Crippen LogP contribution in [0.3, 0.4) is 0 Å². The molecule has 5 nitrogen and oxygen atoms in total. The smallest absolute Gasteiger partial charge is 0.315 e. The van der Waals surface area contributed by atoms with Gasteiger partial charge in [-0.3, -0.25) is 4.79 Å². The molecule has 0 bridgehead atoms. The van der Waals surface area contributed by atoms with Crippen molar-refractivity contribution in [2.75, 3.05) is 6.54 Å². The highest BCUT2D eigenvalue weighted by Gasteiger charge is 2.44. The zero-order valence-corrected chi connectivity index (χ0v) is 12.5. The lowest BCUT2D eigenvalue weighted by Gasteiger charge is -2.40. The van der Waals surface area contributed by atoms with Gasteiger partial charge >= 0.3 is 12.0 Å². The maximum absolute atomic E-state index is 12.0. The molecule has 1 unspecified atom stereocenters. The van der Waals surface area contributed by atoms with Crippen LogP contribution in [0.25, 0.3) is 0 Å². The third-order valence-corrected chi connectivity index (χ3v) is 5.16. The number of carboxylic acids is 1. The van der Waals surface area contributed by atoms with Gasteiger partial charge in [0.05, 0.1) is 5.41 Å². The second-order valence-electron chi connectivity index (χ2n) is 7.05. The summed E-state index contributed by atoms with van der Waals surface area (Å²) in [5.74, 6) is -0.790. The molecule has 114 valence electrons. The van der Waals surface area contributed by atoms with Crippen molar-refractivity contribution in [1.82, 2.24) is 10.6 Å². The van der Waals surface area contributed by atoms with Crippen molar-refractivity contribution in [1.29, 1.82) is 0 Å². The summed E-state index contributed by atoms with van der Waals surface area (Å²) in [5, 5.41) is 15.0. The summed E-state index contributed by atoms with van der Waals surface area (Å²) < 4.78 is 0. The molecule has 1 atom stereocenters. The molecule has 0 aromatic rings. The van der Waals surface area contributed by atoms with Crippen LogP contribution in [0.15, 0.2) is 0 Å². The lowest BCUT2D eigenvalue weighted by atomic mass is 9.69. The molecule has 0 aromatic heterocycles. The summed E-state index contributed by atoms with van der Waals surface area (Å²) in [5.41, 5.74) is -0.601. The highest BCUT2D eigenvalue weighted by atomic mass is 16.4. The number of aliphatic carboxylic acids is 1. The largest absolute Gasteiger partial charge is 0.481 e. The molecule has 0 aromatic carbocycles. The maximum atomic E-state index is 12.0. The summed E-state index contributed by atoms with van der Waals surface area (Å²) in [6.07, 6.45) is 6.75. The average Bonchev–Trinajstić information content (AvgIpc) is 2.30. The zero-order valence-electron chi connectivity index (χ0n) is 12.5. The van der Waals surface area contributed by atoms with E-state index in [1.54, 1.807) is 0 Å². The number of nitrogens with one attached hydrogen (secondary N) is 2. The molecule has 2 aliphatic rings. The second kappa shape index (κ2) is 5.62. The minimum absolute atomic E-state index is 0.122. The number of rotatable bonds is 4. The molecule has 0 heterocycles. The van der Waals surface area contributed by atoms with Gasteiger partial charge in [0, 0.05) is 12.6 Å². The summed E-state index contributed by atoms with van der Waals surface area (Å²) in [7, 11) is 0. The van der Waals surface area contributed by atoms with E-state index in [1.165, 1.54) is 6.42 Å². The van der Waals surface area contributed by atoms with E-state index in [4.69, 9.17) is 0 Å². The first-order valence-corrected chi connectivity index (χ1v) is 7.64. The average molecular weight is 282 g/mol. The number of amides is 2. The highest BCUT2D eigenvalue weighted by molar-refractivity contribution is 5.79. The predicted octanol–water partition coefficient (Wildman–Crippen LogP) is 2.51. The third-order valence-electron chi connectivity index (χ3n) is 5.16. The van der Waals surface area contributed by atoms with Crippen LogP contribution in [0.2, 0.25) is 0 Å². The summed E-state index contributed by atoms with van der Waals surface area (Å²) in [6, 6.07) is -0.0454. The Balaban J connectivity index is 1.82. The van der Waals surface area contributed by atoms with E-state index < -0.39 is 11.4 Å². The Hall–Kier alpha value is -1.26. The van der Waals surface area contributed by atoms with Gasteiger partial charge in [-0.25, -0.2) is 4.79 Å². The van der Waals surface area contributed by atoms with E-state index in [2.05, 4.69) is 24.5 Å². The highest BCUT2D eigenvalue weighted by Crippen LogP contribution is 2.40. The fourth-order valence-corrected chi connectivity index (χ4v) is 3.29. The Bertz CT molecular complexity index is 389. The van der Waals surface area contributed by atoms with Crippen LogP contribution in [-0.2, 0) is 4.79 Å². The van der Waals surface area contributed by atoms with Gasteiger partial charge in [0.25, 0.3) is 0 Å². The van der Waals surface area contributed by atoms with Crippen molar-refractivity contribution in [2.24, 2.45) is 10.8 Å². The Morgan fingerprint density at radius 2 is 1.85 bits per heavy atom. The third kappa shape index (κ3) is 3.07. The normalized spacial score (nSPS) is 27.2. The van der Waals surface area contributed by atoms with Crippen LogP contribution < -0.4 is 10.6 Å². The number of carbonyl (C=O) groups excluding carboxylic acids is 1. The summed E-state index contributed by atoms with van der Waals surface area (Å²) in [6.45, 7) is 4.60. The maximum Gasteiger partial charge on any atom is 0.315 e. The van der Waals surface area contributed by atoms with Gasteiger partial charge in [0.1, 0.15) is 0 Å². The minimum atomic E-state index is -0.790. The number of urea groups is 1. The Morgan fingerprint density at radius 1 is 1.15 bits per heavy atom. The molecule has 0 radical (unpaired) electrons. The Morgan fingerprint density at radius 3 is 2.35 bits per heavy atom. The van der Waals surface area contributed by atoms with E-state index in [1.807, 2.05) is 0 Å². The molecule has 5 heteroatoms. The first-order chi connectivity index (χ1) is 9.36. The molecule has 2 amide bonds. The van der Waals surface area contributed by atoms with Gasteiger partial charge < -0.3 is 15.7 Å². The number of carboxylic acid groups (broad SMARTS) is 1. The first-order valence-electron chi connectivity index (χ1n) is 7.64. The van der Waals surface area contributed by atoms with Crippen molar-refractivity contribution in [2.45, 2.75) is 64.8 Å². The first kappa shape index (κ1) is 15.1. The fraction of sp³-hybridized carbons (Fsp3) is 0.867. The van der Waals surface area contributed by atoms with Gasteiger partial charge in [0.15, 0.2) is 0 Å². The van der Waals surface area contributed by atoms with E-state index in [0.29, 0.717) is 12.8 Å². The molecule has 2 fully saturated rings. The molecule has 2 aliphatic carbocycles.